The average molecular weight is 274 g/mol. The fourth-order valence-electron chi connectivity index (χ4n) is 0.540. The van der Waals surface area contributed by atoms with Gasteiger partial charge in [0.25, 0.3) is 0 Å². The van der Waals surface area contributed by atoms with Crippen molar-refractivity contribution < 1.29 is 8.21 Å². The number of hydrogen-bond acceptors (Lipinski definition) is 2. The first kappa shape index (κ1) is 11.7. The van der Waals surface area contributed by atoms with Gasteiger partial charge in [-0.05, 0) is 0 Å². The van der Waals surface area contributed by atoms with Gasteiger partial charge in [-0.15, -0.1) is 0 Å². The van der Waals surface area contributed by atoms with Gasteiger partial charge in [0.1, 0.15) is 0 Å². The van der Waals surface area contributed by atoms with Crippen LogP contribution in [0.1, 0.15) is 33.1 Å². The Morgan fingerprint density at radius 1 is 1.55 bits per heavy atom. The fourth-order valence-corrected chi connectivity index (χ4v) is 2.65. The molecule has 1 N–H and O–H groups in total. The molecule has 11 heavy (non-hydrogen) atoms. The van der Waals surface area contributed by atoms with Crippen LogP contribution < -0.4 is 0 Å². The summed E-state index contributed by atoms with van der Waals surface area (Å²) in [5.41, 5.74) is 0. The summed E-state index contributed by atoms with van der Waals surface area (Å²) < 4.78 is 6.70. The van der Waals surface area contributed by atoms with Crippen molar-refractivity contribution in [1.29, 1.82) is 0 Å². The molecule has 0 amide bonds. The molecular formula is C8H18O2Te. The number of unbranched alkanes of at least 4 members (excludes halogenated alkanes) is 1. The van der Waals surface area contributed by atoms with Gasteiger partial charge in [0.15, 0.2) is 0 Å². The molecule has 0 spiro atoms. The van der Waals surface area contributed by atoms with Crippen molar-refractivity contribution in [2.45, 2.75) is 43.7 Å². The van der Waals surface area contributed by atoms with Crippen LogP contribution in [0.5, 0.6) is 0 Å². The molecule has 0 aromatic carbocycles. The van der Waals surface area contributed by atoms with E-state index in [0.717, 1.165) is 13.0 Å². The molecule has 0 aliphatic carbocycles. The summed E-state index contributed by atoms with van der Waals surface area (Å²) in [7, 11) is 0. The van der Waals surface area contributed by atoms with E-state index in [0.29, 0.717) is 0 Å². The molecule has 3 heteroatoms. The van der Waals surface area contributed by atoms with E-state index in [4.69, 9.17) is 8.21 Å². The van der Waals surface area contributed by atoms with Crippen molar-refractivity contribution in [2.24, 2.45) is 0 Å². The summed E-state index contributed by atoms with van der Waals surface area (Å²) in [4.78, 5) is 0. The minimum absolute atomic E-state index is 0.183. The molecule has 0 bridgehead atoms. The predicted molar refractivity (Wildman–Crippen MR) is 47.7 cm³/mol. The third-order valence-corrected chi connectivity index (χ3v) is 3.53. The summed E-state index contributed by atoms with van der Waals surface area (Å²) >= 11 is -0.183. The second-order valence-corrected chi connectivity index (χ2v) is 5.15. The second kappa shape index (κ2) is 8.80. The minimum atomic E-state index is -0.200. The molecule has 1 atom stereocenters. The van der Waals surface area contributed by atoms with Crippen LogP contribution in [-0.4, -0.2) is 39.2 Å². The van der Waals surface area contributed by atoms with Gasteiger partial charge in [0.05, 0.1) is 0 Å². The predicted octanol–water partition coefficient (Wildman–Crippen LogP) is 1.61. The fraction of sp³-hybridized carbons (Fsp3) is 1.00. The Bertz CT molecular complexity index is 76.5. The third-order valence-electron chi connectivity index (χ3n) is 1.28. The second-order valence-electron chi connectivity index (χ2n) is 2.64. The molecule has 0 aliphatic heterocycles. The van der Waals surface area contributed by atoms with Gasteiger partial charge in [-0.3, -0.25) is 0 Å². The first-order valence-electron chi connectivity index (χ1n) is 4.19. The molecule has 0 heterocycles. The topological polar surface area (TPSA) is 29.5 Å². The standard InChI is InChI=1S/C8H18O2Te/c1-3-4-7-11-10-6-5-8(2)9/h8-9H,3-7H2,1-2H3. The van der Waals surface area contributed by atoms with E-state index in [1.54, 1.807) is 6.92 Å². The molecule has 0 aliphatic rings. The quantitative estimate of drug-likeness (QED) is 0.564. The van der Waals surface area contributed by atoms with E-state index in [-0.39, 0.29) is 27.4 Å². The zero-order valence-electron chi connectivity index (χ0n) is 7.38. The summed E-state index contributed by atoms with van der Waals surface area (Å²) in [6.07, 6.45) is 3.16. The van der Waals surface area contributed by atoms with Crippen LogP contribution >= 0.6 is 0 Å². The Hall–Kier alpha value is 0.710. The molecule has 0 aromatic heterocycles. The normalized spacial score (nSPS) is 13.4. The molecule has 0 saturated heterocycles. The van der Waals surface area contributed by atoms with Crippen LogP contribution in [0.15, 0.2) is 0 Å². The monoisotopic (exact) mass is 276 g/mol. The van der Waals surface area contributed by atoms with Crippen LogP contribution in [0.2, 0.25) is 4.47 Å². The van der Waals surface area contributed by atoms with E-state index >= 15 is 0 Å². The number of aliphatic hydroxyl groups excluding tert-OH is 1. The SMILES string of the molecule is CCCC[Te]OCCC(C)O. The molecule has 0 saturated carbocycles. The van der Waals surface area contributed by atoms with Gasteiger partial charge >= 0.3 is 79.8 Å². The van der Waals surface area contributed by atoms with Crippen molar-refractivity contribution in [3.63, 3.8) is 0 Å². The molecule has 0 aromatic rings. The van der Waals surface area contributed by atoms with Crippen LogP contribution in [0.3, 0.4) is 0 Å². The molecular weight excluding hydrogens is 256 g/mol. The van der Waals surface area contributed by atoms with Gasteiger partial charge in [-0.2, -0.15) is 0 Å². The zero-order valence-corrected chi connectivity index (χ0v) is 9.71. The number of aliphatic hydroxyl groups is 1. The average Bonchev–Trinajstić information content (AvgIpc) is 1.96. The first-order chi connectivity index (χ1) is 5.27. The Morgan fingerprint density at radius 2 is 2.27 bits per heavy atom. The number of hydrogen-bond donors (Lipinski definition) is 1. The maximum atomic E-state index is 8.89. The van der Waals surface area contributed by atoms with E-state index < -0.39 is 0 Å². The maximum absolute atomic E-state index is 8.89. The van der Waals surface area contributed by atoms with Crippen LogP contribution in [0.25, 0.3) is 0 Å². The molecule has 0 rings (SSSR count). The Kier molecular flexibility index (Phi) is 9.37. The first-order valence-corrected chi connectivity index (χ1v) is 6.79. The van der Waals surface area contributed by atoms with Crippen LogP contribution in [0, 0.1) is 0 Å². The van der Waals surface area contributed by atoms with Gasteiger partial charge in [0.2, 0.25) is 0 Å². The number of rotatable bonds is 7. The van der Waals surface area contributed by atoms with E-state index in [1.165, 1.54) is 17.3 Å². The molecule has 68 valence electrons. The van der Waals surface area contributed by atoms with Crippen molar-refractivity contribution in [3.8, 4) is 0 Å². The van der Waals surface area contributed by atoms with Crippen molar-refractivity contribution >= 4 is 21.3 Å². The van der Waals surface area contributed by atoms with Gasteiger partial charge in [-0.1, -0.05) is 0 Å². The summed E-state index contributed by atoms with van der Waals surface area (Å²) in [5.74, 6) is 0. The zero-order chi connectivity index (χ0) is 8.53. The van der Waals surface area contributed by atoms with Crippen molar-refractivity contribution in [1.82, 2.24) is 0 Å². The van der Waals surface area contributed by atoms with Crippen LogP contribution in [-0.2, 0) is 3.10 Å². The Balaban J connectivity index is 2.80. The molecule has 0 fully saturated rings. The summed E-state index contributed by atoms with van der Waals surface area (Å²) in [6, 6.07) is 0. The Morgan fingerprint density at radius 3 is 2.82 bits per heavy atom. The van der Waals surface area contributed by atoms with Crippen LogP contribution in [0.4, 0.5) is 0 Å². The summed E-state index contributed by atoms with van der Waals surface area (Å²) in [5, 5.41) is 8.89. The van der Waals surface area contributed by atoms with Gasteiger partial charge < -0.3 is 0 Å². The van der Waals surface area contributed by atoms with Gasteiger partial charge in [0, 0.05) is 0 Å². The van der Waals surface area contributed by atoms with Gasteiger partial charge in [-0.25, -0.2) is 0 Å². The molecule has 0 radical (unpaired) electrons. The summed E-state index contributed by atoms with van der Waals surface area (Å²) in [6.45, 7) is 4.75. The molecule has 1 unspecified atom stereocenters. The van der Waals surface area contributed by atoms with E-state index in [9.17, 15) is 0 Å². The van der Waals surface area contributed by atoms with Crippen molar-refractivity contribution in [2.75, 3.05) is 6.61 Å². The third kappa shape index (κ3) is 10.7. The van der Waals surface area contributed by atoms with E-state index in [1.807, 2.05) is 0 Å². The van der Waals surface area contributed by atoms with E-state index in [2.05, 4.69) is 6.92 Å². The Labute approximate surface area is 79.9 Å². The van der Waals surface area contributed by atoms with Crippen molar-refractivity contribution in [3.05, 3.63) is 0 Å². The molecule has 2 nitrogen and oxygen atoms in total.